The minimum atomic E-state index is -3.76. The number of aromatic amines is 1. The van der Waals surface area contributed by atoms with Crippen molar-refractivity contribution in [3.63, 3.8) is 0 Å². The first-order valence-corrected chi connectivity index (χ1v) is 10.9. The fraction of sp³-hybridized carbons (Fsp3) is 0.238. The van der Waals surface area contributed by atoms with Gasteiger partial charge in [0.2, 0.25) is 10.0 Å². The number of H-pyrrole nitrogens is 1. The Kier molecular flexibility index (Phi) is 5.21. The molecular weight excluding hydrogens is 390 g/mol. The molecule has 2 aromatic carbocycles. The van der Waals surface area contributed by atoms with Crippen LogP contribution >= 0.6 is 0 Å². The Morgan fingerprint density at radius 3 is 2.52 bits per heavy atom. The first kappa shape index (κ1) is 19.4. The van der Waals surface area contributed by atoms with E-state index in [4.69, 9.17) is 0 Å². The summed E-state index contributed by atoms with van der Waals surface area (Å²) in [5, 5.41) is 11.9. The molecule has 3 aromatic rings. The number of rotatable bonds is 8. The van der Waals surface area contributed by atoms with Gasteiger partial charge in [0.15, 0.2) is 0 Å². The van der Waals surface area contributed by atoms with Gasteiger partial charge >= 0.3 is 0 Å². The number of allylic oxidation sites excluding steroid dienone is 1. The summed E-state index contributed by atoms with van der Waals surface area (Å²) in [6, 6.07) is 13.0. The van der Waals surface area contributed by atoms with Crippen molar-refractivity contribution < 1.29 is 13.3 Å². The van der Waals surface area contributed by atoms with Crippen LogP contribution in [0.25, 0.3) is 10.9 Å². The van der Waals surface area contributed by atoms with E-state index in [0.29, 0.717) is 19.5 Å². The SMILES string of the molecule is O=[N+]([O-])c1ccc(S(=O)(=O)N(CC=C2CC2)CCc2c[nH]c3ccccc23)cc1. The van der Waals surface area contributed by atoms with Crippen LogP contribution in [0.2, 0.25) is 0 Å². The molecule has 0 aliphatic heterocycles. The number of nitro benzene ring substituents is 1. The largest absolute Gasteiger partial charge is 0.361 e. The minimum absolute atomic E-state index is 0.0659. The van der Waals surface area contributed by atoms with Gasteiger partial charge in [0.1, 0.15) is 0 Å². The Hall–Kier alpha value is -2.97. The molecule has 4 rings (SSSR count). The zero-order chi connectivity index (χ0) is 20.4. The highest BCUT2D eigenvalue weighted by molar-refractivity contribution is 7.89. The third kappa shape index (κ3) is 4.23. The van der Waals surface area contributed by atoms with Crippen LogP contribution in [0.5, 0.6) is 0 Å². The van der Waals surface area contributed by atoms with Crippen LogP contribution in [0.15, 0.2) is 71.3 Å². The molecule has 1 fully saturated rings. The van der Waals surface area contributed by atoms with E-state index in [2.05, 4.69) is 4.98 Å². The van der Waals surface area contributed by atoms with E-state index in [9.17, 15) is 18.5 Å². The number of nitro groups is 1. The average Bonchev–Trinajstić information content (AvgIpc) is 3.46. The van der Waals surface area contributed by atoms with Crippen LogP contribution < -0.4 is 0 Å². The van der Waals surface area contributed by atoms with Gasteiger partial charge in [0.25, 0.3) is 5.69 Å². The fourth-order valence-corrected chi connectivity index (χ4v) is 4.67. The zero-order valence-electron chi connectivity index (χ0n) is 15.7. The molecular formula is C21H21N3O4S. The molecule has 7 nitrogen and oxygen atoms in total. The summed E-state index contributed by atoms with van der Waals surface area (Å²) >= 11 is 0. The molecule has 0 saturated heterocycles. The maximum atomic E-state index is 13.2. The molecule has 150 valence electrons. The van der Waals surface area contributed by atoms with E-state index in [-0.39, 0.29) is 10.6 Å². The Morgan fingerprint density at radius 2 is 1.83 bits per heavy atom. The number of fused-ring (bicyclic) bond motifs is 1. The lowest BCUT2D eigenvalue weighted by atomic mass is 10.1. The molecule has 0 amide bonds. The molecule has 1 N–H and O–H groups in total. The maximum Gasteiger partial charge on any atom is 0.269 e. The van der Waals surface area contributed by atoms with Crippen molar-refractivity contribution in [2.24, 2.45) is 0 Å². The third-order valence-electron chi connectivity index (χ3n) is 5.11. The summed E-state index contributed by atoms with van der Waals surface area (Å²) in [7, 11) is -3.76. The number of nitrogens with one attached hydrogen (secondary N) is 1. The van der Waals surface area contributed by atoms with E-state index in [1.54, 1.807) is 0 Å². The highest BCUT2D eigenvalue weighted by atomic mass is 32.2. The summed E-state index contributed by atoms with van der Waals surface area (Å²) < 4.78 is 27.8. The van der Waals surface area contributed by atoms with E-state index >= 15 is 0 Å². The first-order chi connectivity index (χ1) is 13.9. The van der Waals surface area contributed by atoms with E-state index < -0.39 is 14.9 Å². The van der Waals surface area contributed by atoms with Crippen molar-refractivity contribution in [3.05, 3.63) is 82.1 Å². The van der Waals surface area contributed by atoms with Gasteiger partial charge < -0.3 is 4.98 Å². The number of para-hydroxylation sites is 1. The zero-order valence-corrected chi connectivity index (χ0v) is 16.6. The maximum absolute atomic E-state index is 13.2. The molecule has 1 aliphatic carbocycles. The second-order valence-electron chi connectivity index (χ2n) is 7.09. The normalized spacial score (nSPS) is 13.8. The number of nitrogens with zero attached hydrogens (tertiary/aromatic N) is 2. The molecule has 8 heteroatoms. The summed E-state index contributed by atoms with van der Waals surface area (Å²) in [5.74, 6) is 0. The number of non-ortho nitro benzene ring substituents is 1. The van der Waals surface area contributed by atoms with E-state index in [0.717, 1.165) is 29.3 Å². The molecule has 1 heterocycles. The van der Waals surface area contributed by atoms with Crippen molar-refractivity contribution in [2.45, 2.75) is 24.2 Å². The summed E-state index contributed by atoms with van der Waals surface area (Å²) in [4.78, 5) is 13.6. The van der Waals surface area contributed by atoms with Gasteiger partial charge in [-0.3, -0.25) is 10.1 Å². The van der Waals surface area contributed by atoms with Gasteiger partial charge in [0, 0.05) is 42.3 Å². The molecule has 1 aromatic heterocycles. The summed E-state index contributed by atoms with van der Waals surface area (Å²) in [6.45, 7) is 0.627. The average molecular weight is 411 g/mol. The van der Waals surface area contributed by atoms with Crippen molar-refractivity contribution in [1.82, 2.24) is 9.29 Å². The summed E-state index contributed by atoms with van der Waals surface area (Å²) in [5.41, 5.74) is 3.21. The number of hydrogen-bond donors (Lipinski definition) is 1. The molecule has 0 atom stereocenters. The lowest BCUT2D eigenvalue weighted by molar-refractivity contribution is -0.384. The molecule has 1 aliphatic rings. The van der Waals surface area contributed by atoms with Gasteiger partial charge in [-0.25, -0.2) is 8.42 Å². The highest BCUT2D eigenvalue weighted by Crippen LogP contribution is 2.28. The lowest BCUT2D eigenvalue weighted by Gasteiger charge is -2.21. The number of sulfonamides is 1. The molecule has 1 saturated carbocycles. The van der Waals surface area contributed by atoms with Crippen molar-refractivity contribution in [3.8, 4) is 0 Å². The smallest absolute Gasteiger partial charge is 0.269 e. The lowest BCUT2D eigenvalue weighted by Crippen LogP contribution is -2.33. The van der Waals surface area contributed by atoms with Crippen molar-refractivity contribution in [2.75, 3.05) is 13.1 Å². The van der Waals surface area contributed by atoms with Gasteiger partial charge in [0.05, 0.1) is 9.82 Å². The Bertz CT molecular complexity index is 1170. The van der Waals surface area contributed by atoms with Crippen LogP contribution in [-0.2, 0) is 16.4 Å². The van der Waals surface area contributed by atoms with Crippen LogP contribution in [0.4, 0.5) is 5.69 Å². The Balaban J connectivity index is 1.58. The van der Waals surface area contributed by atoms with Gasteiger partial charge in [-0.1, -0.05) is 29.8 Å². The predicted molar refractivity (Wildman–Crippen MR) is 111 cm³/mol. The number of hydrogen-bond acceptors (Lipinski definition) is 4. The van der Waals surface area contributed by atoms with Gasteiger partial charge in [-0.15, -0.1) is 0 Å². The van der Waals surface area contributed by atoms with Crippen molar-refractivity contribution >= 4 is 26.6 Å². The minimum Gasteiger partial charge on any atom is -0.361 e. The second kappa shape index (κ2) is 7.81. The van der Waals surface area contributed by atoms with Gasteiger partial charge in [-0.2, -0.15) is 4.31 Å². The fourth-order valence-electron chi connectivity index (χ4n) is 3.29. The van der Waals surface area contributed by atoms with E-state index in [1.165, 1.54) is 34.1 Å². The quantitative estimate of drug-likeness (QED) is 0.344. The van der Waals surface area contributed by atoms with Crippen LogP contribution in [0.1, 0.15) is 18.4 Å². The van der Waals surface area contributed by atoms with Crippen LogP contribution in [0.3, 0.4) is 0 Å². The topological polar surface area (TPSA) is 96.3 Å². The number of aromatic nitrogens is 1. The first-order valence-electron chi connectivity index (χ1n) is 9.42. The van der Waals surface area contributed by atoms with E-state index in [1.807, 2.05) is 36.5 Å². The summed E-state index contributed by atoms with van der Waals surface area (Å²) in [6.07, 6.45) is 6.50. The molecule has 0 spiro atoms. The molecule has 0 radical (unpaired) electrons. The standard InChI is InChI=1S/C21H21N3O4S/c25-24(26)18-7-9-19(10-8-18)29(27,28)23(13-11-16-5-6-16)14-12-17-15-22-21-4-2-1-3-20(17)21/h1-4,7-11,15,22H,5-6,12-14H2. The van der Waals surface area contributed by atoms with Gasteiger partial charge in [-0.05, 0) is 43.0 Å². The second-order valence-corrected chi connectivity index (χ2v) is 9.02. The van der Waals surface area contributed by atoms with Crippen molar-refractivity contribution in [1.29, 1.82) is 0 Å². The van der Waals surface area contributed by atoms with Crippen LogP contribution in [-0.4, -0.2) is 35.7 Å². The highest BCUT2D eigenvalue weighted by Gasteiger charge is 2.25. The molecule has 0 bridgehead atoms. The Morgan fingerprint density at radius 1 is 1.10 bits per heavy atom. The predicted octanol–water partition coefficient (Wildman–Crippen LogP) is 4.03. The molecule has 0 unspecified atom stereocenters. The molecule has 29 heavy (non-hydrogen) atoms. The third-order valence-corrected chi connectivity index (χ3v) is 6.99. The van der Waals surface area contributed by atoms with Crippen LogP contribution in [0, 0.1) is 10.1 Å². The monoisotopic (exact) mass is 411 g/mol. The Labute approximate surface area is 168 Å². The number of benzene rings is 2.